The highest BCUT2D eigenvalue weighted by atomic mass is 14.6. The van der Waals surface area contributed by atoms with Crippen LogP contribution in [0.5, 0.6) is 0 Å². The summed E-state index contributed by atoms with van der Waals surface area (Å²) in [5.41, 5.74) is 13.5. The normalized spacial score (nSPS) is 37.5. The van der Waals surface area contributed by atoms with Crippen molar-refractivity contribution >= 4 is 0 Å². The number of hydrogen-bond donors (Lipinski definition) is 2. The molecule has 0 aromatic rings. The zero-order chi connectivity index (χ0) is 10.7. The average molecular weight is 208 g/mol. The van der Waals surface area contributed by atoms with E-state index in [0.717, 1.165) is 12.3 Å². The third-order valence-electron chi connectivity index (χ3n) is 3.99. The molecule has 2 aliphatic rings. The fraction of sp³-hybridized carbons (Fsp3) is 0.846. The number of rotatable bonds is 2. The molecule has 2 rings (SSSR count). The predicted molar refractivity (Wildman–Crippen MR) is 64.5 cm³/mol. The molecule has 0 aliphatic heterocycles. The van der Waals surface area contributed by atoms with Crippen LogP contribution >= 0.6 is 0 Å². The molecular formula is C13H24N2. The van der Waals surface area contributed by atoms with Crippen LogP contribution in [0.3, 0.4) is 0 Å². The summed E-state index contributed by atoms with van der Waals surface area (Å²) < 4.78 is 0. The number of hydrogen-bond acceptors (Lipinski definition) is 2. The van der Waals surface area contributed by atoms with E-state index in [4.69, 9.17) is 11.5 Å². The topological polar surface area (TPSA) is 52.0 Å². The van der Waals surface area contributed by atoms with Crippen LogP contribution < -0.4 is 11.5 Å². The van der Waals surface area contributed by atoms with E-state index >= 15 is 0 Å². The first-order chi connectivity index (χ1) is 7.24. The Kier molecular flexibility index (Phi) is 3.81. The van der Waals surface area contributed by atoms with Crippen molar-refractivity contribution in [1.29, 1.82) is 0 Å². The Morgan fingerprint density at radius 2 is 1.73 bits per heavy atom. The first-order valence-electron chi connectivity index (χ1n) is 6.43. The highest BCUT2D eigenvalue weighted by Crippen LogP contribution is 2.31. The molecule has 0 heterocycles. The maximum atomic E-state index is 5.92. The molecule has 86 valence electrons. The average Bonchev–Trinajstić information content (AvgIpc) is 2.25. The first-order valence-corrected chi connectivity index (χ1v) is 6.43. The summed E-state index contributed by atoms with van der Waals surface area (Å²) >= 11 is 0. The fourth-order valence-corrected chi connectivity index (χ4v) is 2.86. The molecule has 0 aromatic carbocycles. The lowest BCUT2D eigenvalue weighted by Gasteiger charge is -2.28. The summed E-state index contributed by atoms with van der Waals surface area (Å²) in [6.07, 6.45) is 12.4. The van der Waals surface area contributed by atoms with Gasteiger partial charge < -0.3 is 11.5 Å². The van der Waals surface area contributed by atoms with Crippen molar-refractivity contribution < 1.29 is 0 Å². The minimum atomic E-state index is 0.425. The Morgan fingerprint density at radius 3 is 2.33 bits per heavy atom. The molecule has 15 heavy (non-hydrogen) atoms. The minimum Gasteiger partial charge on any atom is -0.328 e. The quantitative estimate of drug-likeness (QED) is 0.684. The SMILES string of the molecule is NC1CC=C(CC2CCC(N)CC2)CC1. The van der Waals surface area contributed by atoms with Gasteiger partial charge in [-0.15, -0.1) is 0 Å². The van der Waals surface area contributed by atoms with E-state index in [9.17, 15) is 0 Å². The Morgan fingerprint density at radius 1 is 1.00 bits per heavy atom. The second kappa shape index (κ2) is 5.13. The van der Waals surface area contributed by atoms with Gasteiger partial charge in [-0.1, -0.05) is 11.6 Å². The van der Waals surface area contributed by atoms with Crippen molar-refractivity contribution in [2.75, 3.05) is 0 Å². The Labute approximate surface area is 93.1 Å². The van der Waals surface area contributed by atoms with Crippen LogP contribution in [0.25, 0.3) is 0 Å². The van der Waals surface area contributed by atoms with E-state index in [0.29, 0.717) is 12.1 Å². The molecule has 1 fully saturated rings. The molecule has 4 N–H and O–H groups in total. The minimum absolute atomic E-state index is 0.425. The molecule has 0 aromatic heterocycles. The van der Waals surface area contributed by atoms with E-state index in [1.165, 1.54) is 44.9 Å². The zero-order valence-corrected chi connectivity index (χ0v) is 9.62. The van der Waals surface area contributed by atoms with Crippen molar-refractivity contribution in [1.82, 2.24) is 0 Å². The van der Waals surface area contributed by atoms with Crippen molar-refractivity contribution in [3.63, 3.8) is 0 Å². The third-order valence-corrected chi connectivity index (χ3v) is 3.99. The number of allylic oxidation sites excluding steroid dienone is 1. The highest BCUT2D eigenvalue weighted by molar-refractivity contribution is 5.08. The zero-order valence-electron chi connectivity index (χ0n) is 9.62. The van der Waals surface area contributed by atoms with E-state index in [2.05, 4.69) is 6.08 Å². The lowest BCUT2D eigenvalue weighted by Crippen LogP contribution is -2.27. The van der Waals surface area contributed by atoms with Crippen molar-refractivity contribution in [3.05, 3.63) is 11.6 Å². The van der Waals surface area contributed by atoms with Crippen LogP contribution in [0, 0.1) is 5.92 Å². The van der Waals surface area contributed by atoms with Crippen molar-refractivity contribution in [2.24, 2.45) is 17.4 Å². The summed E-state index contributed by atoms with van der Waals surface area (Å²) in [7, 11) is 0. The summed E-state index contributed by atoms with van der Waals surface area (Å²) in [4.78, 5) is 0. The van der Waals surface area contributed by atoms with Crippen LogP contribution in [-0.2, 0) is 0 Å². The molecule has 0 bridgehead atoms. The highest BCUT2D eigenvalue weighted by Gasteiger charge is 2.20. The summed E-state index contributed by atoms with van der Waals surface area (Å²) in [6.45, 7) is 0. The predicted octanol–water partition coefficient (Wildman–Crippen LogP) is 2.33. The molecule has 0 radical (unpaired) electrons. The second-order valence-corrected chi connectivity index (χ2v) is 5.38. The summed E-state index contributed by atoms with van der Waals surface area (Å²) in [5.74, 6) is 0.908. The van der Waals surface area contributed by atoms with Crippen molar-refractivity contribution in [2.45, 2.75) is 63.5 Å². The van der Waals surface area contributed by atoms with Gasteiger partial charge in [-0.05, 0) is 57.3 Å². The molecule has 0 spiro atoms. The van der Waals surface area contributed by atoms with Crippen LogP contribution in [-0.4, -0.2) is 12.1 Å². The lowest BCUT2D eigenvalue weighted by molar-refractivity contribution is 0.320. The largest absolute Gasteiger partial charge is 0.328 e. The van der Waals surface area contributed by atoms with Crippen LogP contribution in [0.2, 0.25) is 0 Å². The van der Waals surface area contributed by atoms with Crippen LogP contribution in [0.1, 0.15) is 51.4 Å². The molecule has 2 nitrogen and oxygen atoms in total. The molecule has 1 atom stereocenters. The Balaban J connectivity index is 1.77. The molecular weight excluding hydrogens is 184 g/mol. The smallest absolute Gasteiger partial charge is 0.00765 e. The molecule has 2 aliphatic carbocycles. The Bertz CT molecular complexity index is 227. The first kappa shape index (κ1) is 11.2. The van der Waals surface area contributed by atoms with E-state index in [1.807, 2.05) is 0 Å². The fourth-order valence-electron chi connectivity index (χ4n) is 2.86. The van der Waals surface area contributed by atoms with Gasteiger partial charge in [0.25, 0.3) is 0 Å². The molecule has 0 saturated heterocycles. The number of nitrogens with two attached hydrogens (primary N) is 2. The second-order valence-electron chi connectivity index (χ2n) is 5.38. The summed E-state index contributed by atoms with van der Waals surface area (Å²) in [6, 6.07) is 0.906. The van der Waals surface area contributed by atoms with E-state index in [-0.39, 0.29) is 0 Å². The van der Waals surface area contributed by atoms with Crippen molar-refractivity contribution in [3.8, 4) is 0 Å². The van der Waals surface area contributed by atoms with Gasteiger partial charge in [0.1, 0.15) is 0 Å². The van der Waals surface area contributed by atoms with E-state index in [1.54, 1.807) is 5.57 Å². The maximum absolute atomic E-state index is 5.92. The van der Waals surface area contributed by atoms with Gasteiger partial charge in [0, 0.05) is 12.1 Å². The van der Waals surface area contributed by atoms with Gasteiger partial charge >= 0.3 is 0 Å². The van der Waals surface area contributed by atoms with Gasteiger partial charge in [-0.3, -0.25) is 0 Å². The molecule has 2 heteroatoms. The lowest BCUT2D eigenvalue weighted by atomic mass is 9.80. The third kappa shape index (κ3) is 3.32. The maximum Gasteiger partial charge on any atom is 0.00765 e. The molecule has 0 amide bonds. The standard InChI is InChI=1S/C13H24N2/c14-12-5-1-10(2-6-12)9-11-3-7-13(15)8-4-11/h1,11-13H,2-9,14-15H2. The van der Waals surface area contributed by atoms with Gasteiger partial charge in [-0.2, -0.15) is 0 Å². The van der Waals surface area contributed by atoms with Gasteiger partial charge in [0.2, 0.25) is 0 Å². The molecule has 1 unspecified atom stereocenters. The van der Waals surface area contributed by atoms with Gasteiger partial charge in [0.05, 0.1) is 0 Å². The molecule has 1 saturated carbocycles. The Hall–Kier alpha value is -0.340. The van der Waals surface area contributed by atoms with Gasteiger partial charge in [0.15, 0.2) is 0 Å². The van der Waals surface area contributed by atoms with Crippen LogP contribution in [0.4, 0.5) is 0 Å². The van der Waals surface area contributed by atoms with Crippen LogP contribution in [0.15, 0.2) is 11.6 Å². The van der Waals surface area contributed by atoms with Gasteiger partial charge in [-0.25, -0.2) is 0 Å². The summed E-state index contributed by atoms with van der Waals surface area (Å²) in [5, 5.41) is 0. The monoisotopic (exact) mass is 208 g/mol. The van der Waals surface area contributed by atoms with E-state index < -0.39 is 0 Å².